The SMILES string of the molecule is Clc1cc(Cl)c(OC2C=CCCC2)c(CNC2CC2)c1. The summed E-state index contributed by atoms with van der Waals surface area (Å²) in [5, 5.41) is 4.75. The summed E-state index contributed by atoms with van der Waals surface area (Å²) in [5.74, 6) is 0.778. The summed E-state index contributed by atoms with van der Waals surface area (Å²) in [6.07, 6.45) is 10.3. The average molecular weight is 312 g/mol. The van der Waals surface area contributed by atoms with Crippen molar-refractivity contribution in [1.82, 2.24) is 5.32 Å². The Balaban J connectivity index is 1.78. The Labute approximate surface area is 130 Å². The van der Waals surface area contributed by atoms with Gasteiger partial charge in [0.2, 0.25) is 0 Å². The van der Waals surface area contributed by atoms with Crippen LogP contribution in [-0.2, 0) is 6.54 Å². The molecular formula is C16H19Cl2NO. The van der Waals surface area contributed by atoms with Crippen molar-refractivity contribution in [3.63, 3.8) is 0 Å². The van der Waals surface area contributed by atoms with Crippen LogP contribution in [0.1, 0.15) is 37.7 Å². The summed E-state index contributed by atoms with van der Waals surface area (Å²) in [7, 11) is 0. The van der Waals surface area contributed by atoms with Gasteiger partial charge in [-0.1, -0.05) is 29.3 Å². The molecule has 0 saturated heterocycles. The van der Waals surface area contributed by atoms with E-state index in [9.17, 15) is 0 Å². The second-order valence-electron chi connectivity index (χ2n) is 5.55. The smallest absolute Gasteiger partial charge is 0.143 e. The van der Waals surface area contributed by atoms with Crippen molar-refractivity contribution in [1.29, 1.82) is 0 Å². The highest BCUT2D eigenvalue weighted by atomic mass is 35.5. The molecule has 1 unspecified atom stereocenters. The van der Waals surface area contributed by atoms with Gasteiger partial charge in [0.1, 0.15) is 11.9 Å². The maximum absolute atomic E-state index is 6.32. The summed E-state index contributed by atoms with van der Waals surface area (Å²) in [4.78, 5) is 0. The molecule has 0 radical (unpaired) electrons. The molecule has 2 aliphatic rings. The van der Waals surface area contributed by atoms with Crippen LogP contribution in [0.4, 0.5) is 0 Å². The number of benzene rings is 1. The summed E-state index contributed by atoms with van der Waals surface area (Å²) < 4.78 is 6.11. The largest absolute Gasteiger partial charge is 0.484 e. The Morgan fingerprint density at radius 3 is 2.75 bits per heavy atom. The fraction of sp³-hybridized carbons (Fsp3) is 0.500. The van der Waals surface area contributed by atoms with E-state index in [1.165, 1.54) is 19.3 Å². The van der Waals surface area contributed by atoms with Crippen LogP contribution in [-0.4, -0.2) is 12.1 Å². The Morgan fingerprint density at radius 1 is 1.20 bits per heavy atom. The van der Waals surface area contributed by atoms with Crippen molar-refractivity contribution in [2.24, 2.45) is 0 Å². The first kappa shape index (κ1) is 14.2. The molecule has 0 aromatic heterocycles. The van der Waals surface area contributed by atoms with Gasteiger partial charge in [0.05, 0.1) is 5.02 Å². The van der Waals surface area contributed by atoms with E-state index in [0.717, 1.165) is 30.7 Å². The molecule has 1 saturated carbocycles. The number of halogens is 2. The number of nitrogens with one attached hydrogen (secondary N) is 1. The van der Waals surface area contributed by atoms with Crippen molar-refractivity contribution in [2.75, 3.05) is 0 Å². The molecule has 0 heterocycles. The van der Waals surface area contributed by atoms with Gasteiger partial charge in [0.15, 0.2) is 0 Å². The fourth-order valence-electron chi connectivity index (χ4n) is 2.45. The molecule has 0 aliphatic heterocycles. The zero-order valence-electron chi connectivity index (χ0n) is 11.4. The maximum Gasteiger partial charge on any atom is 0.143 e. The van der Waals surface area contributed by atoms with Crippen LogP contribution >= 0.6 is 23.2 Å². The minimum absolute atomic E-state index is 0.127. The minimum Gasteiger partial charge on any atom is -0.484 e. The lowest BCUT2D eigenvalue weighted by molar-refractivity contribution is 0.227. The summed E-state index contributed by atoms with van der Waals surface area (Å²) in [5.41, 5.74) is 1.05. The lowest BCUT2D eigenvalue weighted by atomic mass is 10.1. The Morgan fingerprint density at radius 2 is 2.05 bits per heavy atom. The standard InChI is InChI=1S/C16H19Cl2NO/c17-12-8-11(10-19-13-6-7-13)16(15(18)9-12)20-14-4-2-1-3-5-14/h2,4,8-9,13-14,19H,1,3,5-7,10H2. The van der Waals surface area contributed by atoms with Crippen molar-refractivity contribution in [2.45, 2.75) is 50.8 Å². The molecule has 0 amide bonds. The number of hydrogen-bond acceptors (Lipinski definition) is 2. The Kier molecular flexibility index (Phi) is 4.54. The predicted octanol–water partition coefficient (Wildman–Crippen LogP) is 4.73. The number of hydrogen-bond donors (Lipinski definition) is 1. The Bertz CT molecular complexity index is 511. The lowest BCUT2D eigenvalue weighted by Gasteiger charge is -2.22. The zero-order valence-corrected chi connectivity index (χ0v) is 12.9. The summed E-state index contributed by atoms with van der Waals surface area (Å²) >= 11 is 12.4. The molecule has 1 atom stereocenters. The van der Waals surface area contributed by atoms with Crippen LogP contribution in [0.5, 0.6) is 5.75 Å². The van der Waals surface area contributed by atoms with Gasteiger partial charge in [-0.05, 0) is 50.3 Å². The normalized spacial score (nSPS) is 22.0. The van der Waals surface area contributed by atoms with E-state index in [4.69, 9.17) is 27.9 Å². The van der Waals surface area contributed by atoms with E-state index in [2.05, 4.69) is 17.5 Å². The highest BCUT2D eigenvalue weighted by molar-refractivity contribution is 6.35. The van der Waals surface area contributed by atoms with E-state index in [-0.39, 0.29) is 6.10 Å². The van der Waals surface area contributed by atoms with Gasteiger partial charge in [-0.2, -0.15) is 0 Å². The first-order valence-corrected chi connectivity index (χ1v) is 8.02. The van der Waals surface area contributed by atoms with Crippen molar-refractivity contribution in [3.8, 4) is 5.75 Å². The molecule has 3 rings (SSSR count). The van der Waals surface area contributed by atoms with E-state index in [1.54, 1.807) is 6.07 Å². The molecule has 0 spiro atoms. The summed E-state index contributed by atoms with van der Waals surface area (Å²) in [6.45, 7) is 0.761. The minimum atomic E-state index is 0.127. The molecule has 1 aromatic rings. The number of rotatable bonds is 5. The first-order valence-electron chi connectivity index (χ1n) is 7.27. The van der Waals surface area contributed by atoms with Gasteiger partial charge in [0.25, 0.3) is 0 Å². The van der Waals surface area contributed by atoms with Gasteiger partial charge in [-0.15, -0.1) is 0 Å². The van der Waals surface area contributed by atoms with E-state index in [1.807, 2.05) is 6.07 Å². The summed E-state index contributed by atoms with van der Waals surface area (Å²) in [6, 6.07) is 4.35. The molecular weight excluding hydrogens is 293 g/mol. The van der Waals surface area contributed by atoms with Gasteiger partial charge in [-0.3, -0.25) is 0 Å². The Hall–Kier alpha value is -0.700. The predicted molar refractivity (Wildman–Crippen MR) is 83.7 cm³/mol. The van der Waals surface area contributed by atoms with E-state index >= 15 is 0 Å². The molecule has 2 aliphatic carbocycles. The molecule has 1 fully saturated rings. The van der Waals surface area contributed by atoms with E-state index < -0.39 is 0 Å². The molecule has 1 N–H and O–H groups in total. The number of allylic oxidation sites excluding steroid dienone is 1. The molecule has 4 heteroatoms. The fourth-order valence-corrected chi connectivity index (χ4v) is 3.03. The zero-order chi connectivity index (χ0) is 13.9. The van der Waals surface area contributed by atoms with Crippen molar-refractivity contribution in [3.05, 3.63) is 39.9 Å². The molecule has 2 nitrogen and oxygen atoms in total. The average Bonchev–Trinajstić information content (AvgIpc) is 3.25. The third-order valence-electron chi connectivity index (χ3n) is 3.72. The number of ether oxygens (including phenoxy) is 1. The second kappa shape index (κ2) is 6.38. The molecule has 1 aromatic carbocycles. The highest BCUT2D eigenvalue weighted by Gasteiger charge is 2.22. The molecule has 0 bridgehead atoms. The van der Waals surface area contributed by atoms with Gasteiger partial charge in [-0.25, -0.2) is 0 Å². The van der Waals surface area contributed by atoms with Gasteiger partial charge < -0.3 is 10.1 Å². The van der Waals surface area contributed by atoms with Crippen LogP contribution < -0.4 is 10.1 Å². The van der Waals surface area contributed by atoms with Crippen molar-refractivity contribution >= 4 is 23.2 Å². The topological polar surface area (TPSA) is 21.3 Å². The third-order valence-corrected chi connectivity index (χ3v) is 4.22. The van der Waals surface area contributed by atoms with Gasteiger partial charge >= 0.3 is 0 Å². The van der Waals surface area contributed by atoms with Crippen LogP contribution in [0.2, 0.25) is 10.0 Å². The maximum atomic E-state index is 6.32. The monoisotopic (exact) mass is 311 g/mol. The van der Waals surface area contributed by atoms with Crippen LogP contribution in [0.15, 0.2) is 24.3 Å². The quantitative estimate of drug-likeness (QED) is 0.793. The van der Waals surface area contributed by atoms with Crippen LogP contribution in [0, 0.1) is 0 Å². The molecule has 108 valence electrons. The highest BCUT2D eigenvalue weighted by Crippen LogP contribution is 2.35. The van der Waals surface area contributed by atoms with Crippen molar-refractivity contribution < 1.29 is 4.74 Å². The first-order chi connectivity index (χ1) is 9.72. The van der Waals surface area contributed by atoms with Crippen LogP contribution in [0.3, 0.4) is 0 Å². The lowest BCUT2D eigenvalue weighted by Crippen LogP contribution is -2.20. The third kappa shape index (κ3) is 3.69. The van der Waals surface area contributed by atoms with Crippen LogP contribution in [0.25, 0.3) is 0 Å². The molecule has 20 heavy (non-hydrogen) atoms. The second-order valence-corrected chi connectivity index (χ2v) is 6.39. The van der Waals surface area contributed by atoms with Gasteiger partial charge in [0, 0.05) is 23.2 Å². The van der Waals surface area contributed by atoms with E-state index in [0.29, 0.717) is 16.1 Å².